The summed E-state index contributed by atoms with van der Waals surface area (Å²) in [6, 6.07) is 5.07. The van der Waals surface area contributed by atoms with Crippen LogP contribution in [0.4, 0.5) is 0 Å². The molecule has 0 aliphatic heterocycles. The first kappa shape index (κ1) is 11.8. The molecule has 0 aliphatic carbocycles. The van der Waals surface area contributed by atoms with Gasteiger partial charge in [-0.25, -0.2) is 0 Å². The molecule has 1 rings (SSSR count). The summed E-state index contributed by atoms with van der Waals surface area (Å²) in [6.07, 6.45) is 1.38. The molecule has 0 amide bonds. The van der Waals surface area contributed by atoms with E-state index in [1.807, 2.05) is 0 Å². The number of hydrogen-bond donors (Lipinski definition) is 2. The molecule has 0 spiro atoms. The van der Waals surface area contributed by atoms with Crippen LogP contribution in [0.3, 0.4) is 0 Å². The van der Waals surface area contributed by atoms with Crippen LogP contribution in [-0.2, 0) is 0 Å². The van der Waals surface area contributed by atoms with E-state index in [2.05, 4.69) is 0 Å². The monoisotopic (exact) mass is 233 g/mol. The fourth-order valence-corrected chi connectivity index (χ4v) is 1.70. The molecule has 0 radical (unpaired) electrons. The van der Waals surface area contributed by atoms with Crippen molar-refractivity contribution in [1.29, 1.82) is 0 Å². The Balaban J connectivity index is 2.77. The number of halogens is 2. The van der Waals surface area contributed by atoms with E-state index < -0.39 is 0 Å². The maximum Gasteiger partial charge on any atom is 0.0454 e. The van der Waals surface area contributed by atoms with Crippen LogP contribution in [0.25, 0.3) is 0 Å². The molecular weight excluding hydrogens is 221 g/mol. The van der Waals surface area contributed by atoms with Crippen LogP contribution in [0.1, 0.15) is 24.4 Å². The minimum absolute atomic E-state index is 0.145. The van der Waals surface area contributed by atoms with Gasteiger partial charge in [0.15, 0.2) is 0 Å². The number of rotatable bonds is 4. The highest BCUT2D eigenvalue weighted by Crippen LogP contribution is 2.27. The van der Waals surface area contributed by atoms with Gasteiger partial charge < -0.3 is 10.8 Å². The van der Waals surface area contributed by atoms with Crippen molar-refractivity contribution in [3.05, 3.63) is 33.8 Å². The topological polar surface area (TPSA) is 46.2 Å². The highest BCUT2D eigenvalue weighted by molar-refractivity contribution is 6.33. The molecule has 1 atom stereocenters. The third-order valence-corrected chi connectivity index (χ3v) is 2.61. The molecule has 4 heteroatoms. The highest BCUT2D eigenvalue weighted by atomic mass is 35.5. The van der Waals surface area contributed by atoms with Gasteiger partial charge in [0.25, 0.3) is 0 Å². The van der Waals surface area contributed by atoms with E-state index in [0.29, 0.717) is 22.9 Å². The molecule has 0 fully saturated rings. The second-order valence-electron chi connectivity index (χ2n) is 3.14. The van der Waals surface area contributed by atoms with Crippen LogP contribution in [-0.4, -0.2) is 11.7 Å². The van der Waals surface area contributed by atoms with Gasteiger partial charge in [0.1, 0.15) is 0 Å². The first-order valence-corrected chi connectivity index (χ1v) is 5.22. The summed E-state index contributed by atoms with van der Waals surface area (Å²) < 4.78 is 0. The first-order chi connectivity index (χ1) is 6.65. The minimum Gasteiger partial charge on any atom is -0.396 e. The van der Waals surface area contributed by atoms with Crippen molar-refractivity contribution in [2.75, 3.05) is 6.61 Å². The number of benzene rings is 1. The third kappa shape index (κ3) is 3.14. The zero-order valence-electron chi connectivity index (χ0n) is 7.71. The SMILES string of the molecule is N[C@@H](CCCO)c1cc(Cl)ccc1Cl. The molecule has 1 aromatic carbocycles. The molecule has 0 heterocycles. The van der Waals surface area contributed by atoms with Crippen LogP contribution in [0.5, 0.6) is 0 Å². The molecule has 0 unspecified atom stereocenters. The summed E-state index contributed by atoms with van der Waals surface area (Å²) >= 11 is 11.8. The largest absolute Gasteiger partial charge is 0.396 e. The van der Waals surface area contributed by atoms with Crippen molar-refractivity contribution < 1.29 is 5.11 Å². The number of nitrogens with two attached hydrogens (primary N) is 1. The average molecular weight is 234 g/mol. The number of hydrogen-bond acceptors (Lipinski definition) is 2. The van der Waals surface area contributed by atoms with Gasteiger partial charge in [0.2, 0.25) is 0 Å². The predicted octanol–water partition coefficient (Wildman–Crippen LogP) is 2.77. The van der Waals surface area contributed by atoms with Gasteiger partial charge in [-0.05, 0) is 36.6 Å². The van der Waals surface area contributed by atoms with Gasteiger partial charge >= 0.3 is 0 Å². The van der Waals surface area contributed by atoms with Crippen molar-refractivity contribution >= 4 is 23.2 Å². The zero-order chi connectivity index (χ0) is 10.6. The van der Waals surface area contributed by atoms with Crippen molar-refractivity contribution in [2.24, 2.45) is 5.73 Å². The first-order valence-electron chi connectivity index (χ1n) is 4.46. The summed E-state index contributed by atoms with van der Waals surface area (Å²) in [6.45, 7) is 0.145. The molecule has 78 valence electrons. The normalized spacial score (nSPS) is 12.9. The standard InChI is InChI=1S/C10H13Cl2NO/c11-7-3-4-9(12)8(6-7)10(13)2-1-5-14/h3-4,6,10,14H,1-2,5,13H2/t10-/m0/s1. The summed E-state index contributed by atoms with van der Waals surface area (Å²) in [7, 11) is 0. The number of aliphatic hydroxyl groups excluding tert-OH is 1. The average Bonchev–Trinajstić information content (AvgIpc) is 2.18. The van der Waals surface area contributed by atoms with Crippen molar-refractivity contribution in [1.82, 2.24) is 0 Å². The van der Waals surface area contributed by atoms with Crippen LogP contribution < -0.4 is 5.73 Å². The Hall–Kier alpha value is -0.280. The Morgan fingerprint density at radius 2 is 2.07 bits per heavy atom. The Morgan fingerprint density at radius 3 is 2.71 bits per heavy atom. The Morgan fingerprint density at radius 1 is 1.36 bits per heavy atom. The summed E-state index contributed by atoms with van der Waals surface area (Å²) in [5.74, 6) is 0. The van der Waals surface area contributed by atoms with Gasteiger partial charge in [0.05, 0.1) is 0 Å². The lowest BCUT2D eigenvalue weighted by atomic mass is 10.0. The van der Waals surface area contributed by atoms with E-state index in [1.54, 1.807) is 18.2 Å². The minimum atomic E-state index is -0.159. The summed E-state index contributed by atoms with van der Waals surface area (Å²) in [4.78, 5) is 0. The molecule has 0 saturated carbocycles. The molecular formula is C10H13Cl2NO. The Bertz CT molecular complexity index is 304. The summed E-state index contributed by atoms with van der Waals surface area (Å²) in [5.41, 5.74) is 6.74. The molecule has 1 aromatic rings. The van der Waals surface area contributed by atoms with Crippen molar-refractivity contribution in [2.45, 2.75) is 18.9 Å². The van der Waals surface area contributed by atoms with E-state index >= 15 is 0 Å². The Kier molecular flexibility index (Phi) is 4.69. The van der Waals surface area contributed by atoms with Gasteiger partial charge in [-0.1, -0.05) is 23.2 Å². The molecule has 0 bridgehead atoms. The van der Waals surface area contributed by atoms with Gasteiger partial charge in [0, 0.05) is 22.7 Å². The second-order valence-corrected chi connectivity index (χ2v) is 3.98. The zero-order valence-corrected chi connectivity index (χ0v) is 9.22. The molecule has 14 heavy (non-hydrogen) atoms. The van der Waals surface area contributed by atoms with Gasteiger partial charge in [-0.15, -0.1) is 0 Å². The van der Waals surface area contributed by atoms with Gasteiger partial charge in [-0.3, -0.25) is 0 Å². The third-order valence-electron chi connectivity index (χ3n) is 2.03. The van der Waals surface area contributed by atoms with Gasteiger partial charge in [-0.2, -0.15) is 0 Å². The van der Waals surface area contributed by atoms with Crippen LogP contribution in [0.2, 0.25) is 10.0 Å². The lowest BCUT2D eigenvalue weighted by Crippen LogP contribution is -2.11. The Labute approximate surface area is 93.6 Å². The second kappa shape index (κ2) is 5.56. The van der Waals surface area contributed by atoms with E-state index in [-0.39, 0.29) is 12.6 Å². The van der Waals surface area contributed by atoms with Crippen LogP contribution >= 0.6 is 23.2 Å². The van der Waals surface area contributed by atoms with Crippen LogP contribution in [0.15, 0.2) is 18.2 Å². The lowest BCUT2D eigenvalue weighted by molar-refractivity contribution is 0.280. The quantitative estimate of drug-likeness (QED) is 0.841. The number of aliphatic hydroxyl groups is 1. The van der Waals surface area contributed by atoms with Crippen molar-refractivity contribution in [3.63, 3.8) is 0 Å². The smallest absolute Gasteiger partial charge is 0.0454 e. The molecule has 0 aliphatic rings. The lowest BCUT2D eigenvalue weighted by Gasteiger charge is -2.13. The highest BCUT2D eigenvalue weighted by Gasteiger charge is 2.10. The maximum absolute atomic E-state index is 8.67. The van der Waals surface area contributed by atoms with Crippen LogP contribution in [0, 0.1) is 0 Å². The molecule has 0 aromatic heterocycles. The predicted molar refractivity (Wildman–Crippen MR) is 59.7 cm³/mol. The van der Waals surface area contributed by atoms with E-state index in [4.69, 9.17) is 34.0 Å². The molecule has 2 nitrogen and oxygen atoms in total. The maximum atomic E-state index is 8.67. The van der Waals surface area contributed by atoms with E-state index in [1.165, 1.54) is 0 Å². The fourth-order valence-electron chi connectivity index (χ4n) is 1.27. The van der Waals surface area contributed by atoms with E-state index in [9.17, 15) is 0 Å². The molecule has 0 saturated heterocycles. The summed E-state index contributed by atoms with van der Waals surface area (Å²) in [5, 5.41) is 9.92. The fraction of sp³-hybridized carbons (Fsp3) is 0.400. The molecule has 3 N–H and O–H groups in total. The van der Waals surface area contributed by atoms with Crippen molar-refractivity contribution in [3.8, 4) is 0 Å². The van der Waals surface area contributed by atoms with E-state index in [0.717, 1.165) is 5.56 Å².